The Morgan fingerprint density at radius 3 is 1.58 bits per heavy atom. The normalized spacial score (nSPS) is 12.7. The molecule has 0 bridgehead atoms. The lowest BCUT2D eigenvalue weighted by Gasteiger charge is -2.27. The maximum absolute atomic E-state index is 7.26. The van der Waals surface area contributed by atoms with E-state index in [-0.39, 0.29) is 5.92 Å². The number of hydrogen-bond acceptors (Lipinski definition) is 6. The first-order valence-corrected chi connectivity index (χ1v) is 37.4. The van der Waals surface area contributed by atoms with Gasteiger partial charge in [-0.2, -0.15) is 0 Å². The number of aryl methyl sites for hydroxylation is 1. The topological polar surface area (TPSA) is 47.1 Å². The summed E-state index contributed by atoms with van der Waals surface area (Å²) in [6, 6.07) is 118. The van der Waals surface area contributed by atoms with Gasteiger partial charge in [-0.15, -0.1) is 22.7 Å². The summed E-state index contributed by atoms with van der Waals surface area (Å²) < 4.78 is 29.0. The van der Waals surface area contributed by atoms with Gasteiger partial charge in [0.05, 0.1) is 32.6 Å². The van der Waals surface area contributed by atoms with Crippen molar-refractivity contribution in [3.63, 3.8) is 0 Å². The van der Waals surface area contributed by atoms with Crippen molar-refractivity contribution in [2.24, 2.45) is 0 Å². The fourth-order valence-corrected chi connectivity index (χ4v) is 20.2. The van der Waals surface area contributed by atoms with Crippen LogP contribution in [0.5, 0.6) is 0 Å². The van der Waals surface area contributed by atoms with Crippen molar-refractivity contribution < 1.29 is 13.3 Å². The standard InChI is InChI=1S/C97H58N2O3S2/c1-4-18-57(19-5-1)60-39-49-81-80(53-60)91-83(98(84-33-17-32-78-70-25-11-13-35-89(70)104-97(78)84)62-40-44-68-73-29-15-27-65(59-22-8-3-9-23-59)94(73)102-87(68)55-62)51-48-79-90-71-45-46-74-66-42-37-56(52-85(66)100-95(74)75(71)47-50-82(90)99(81)92(79)91)36-41-63(76-30-16-31-77-69-24-10-12-34-88(69)103-96(76)77)61-38-43-67-72-28-14-26-64(58-20-6-2-7-21-58)93(72)101-86(67)54-61/h1-35,37-40,42-55,63H,36,41H2. The molecule has 0 spiro atoms. The summed E-state index contributed by atoms with van der Waals surface area (Å²) in [7, 11) is 0. The van der Waals surface area contributed by atoms with Crippen molar-refractivity contribution in [2.45, 2.75) is 18.8 Å². The second-order valence-corrected chi connectivity index (χ2v) is 30.1. The predicted octanol–water partition coefficient (Wildman–Crippen LogP) is 28.7. The van der Waals surface area contributed by atoms with Gasteiger partial charge in [0.25, 0.3) is 0 Å². The first kappa shape index (κ1) is 57.9. The third-order valence-electron chi connectivity index (χ3n) is 22.4. The van der Waals surface area contributed by atoms with E-state index < -0.39 is 0 Å². The van der Waals surface area contributed by atoms with E-state index in [2.05, 4.69) is 331 Å². The molecule has 7 aromatic heterocycles. The minimum Gasteiger partial charge on any atom is -0.455 e. The summed E-state index contributed by atoms with van der Waals surface area (Å²) >= 11 is 3.76. The zero-order valence-corrected chi connectivity index (χ0v) is 57.7. The summed E-state index contributed by atoms with van der Waals surface area (Å²) in [5.41, 5.74) is 22.7. The first-order valence-electron chi connectivity index (χ1n) is 35.8. The number of nitrogens with zero attached hydrogens (tertiary/aromatic N) is 2. The predicted molar refractivity (Wildman–Crippen MR) is 440 cm³/mol. The Hall–Kier alpha value is -12.8. The third-order valence-corrected chi connectivity index (χ3v) is 24.9. The van der Waals surface area contributed by atoms with Crippen LogP contribution in [0.3, 0.4) is 0 Å². The van der Waals surface area contributed by atoms with Gasteiger partial charge < -0.3 is 22.6 Å². The van der Waals surface area contributed by atoms with Gasteiger partial charge in [0, 0.05) is 124 Å². The van der Waals surface area contributed by atoms with Crippen molar-refractivity contribution in [1.29, 1.82) is 0 Å². The Labute approximate surface area is 603 Å². The fourth-order valence-electron chi connectivity index (χ4n) is 17.7. The average Bonchev–Trinajstić information content (AvgIpc) is 1.51. The molecular formula is C97H58N2O3S2. The van der Waals surface area contributed by atoms with Gasteiger partial charge in [-0.05, 0) is 136 Å². The van der Waals surface area contributed by atoms with Crippen LogP contribution in [0.1, 0.15) is 29.0 Å². The Bertz CT molecular complexity index is 7500. The molecule has 1 atom stereocenters. The molecule has 0 radical (unpaired) electrons. The zero-order valence-electron chi connectivity index (χ0n) is 56.0. The molecule has 0 saturated carbocycles. The summed E-state index contributed by atoms with van der Waals surface area (Å²) in [4.78, 5) is 2.52. The van der Waals surface area contributed by atoms with Gasteiger partial charge in [-0.3, -0.25) is 0 Å². The smallest absolute Gasteiger partial charge is 0.143 e. The highest BCUT2D eigenvalue weighted by Crippen LogP contribution is 2.54. The number of fused-ring (bicyclic) bond motifs is 24. The van der Waals surface area contributed by atoms with Crippen LogP contribution < -0.4 is 4.90 Å². The lowest BCUT2D eigenvalue weighted by Crippen LogP contribution is -2.10. The fraction of sp³-hybridized carbons (Fsp3) is 0.0309. The molecule has 0 N–H and O–H groups in total. The van der Waals surface area contributed by atoms with E-state index in [1.54, 1.807) is 0 Å². The van der Waals surface area contributed by atoms with Crippen molar-refractivity contribution in [2.75, 3.05) is 4.90 Å². The monoisotopic (exact) mass is 1360 g/mol. The summed E-state index contributed by atoms with van der Waals surface area (Å²) in [5.74, 6) is 0.0827. The molecule has 0 aliphatic rings. The Morgan fingerprint density at radius 2 is 0.846 bits per heavy atom. The van der Waals surface area contributed by atoms with Gasteiger partial charge in [-0.25, -0.2) is 0 Å². The van der Waals surface area contributed by atoms with Crippen molar-refractivity contribution >= 4 is 195 Å². The number of hydrogen-bond donors (Lipinski definition) is 0. The van der Waals surface area contributed by atoms with Crippen molar-refractivity contribution in [1.82, 2.24) is 4.40 Å². The molecule has 0 aliphatic carbocycles. The van der Waals surface area contributed by atoms with Gasteiger partial charge in [0.1, 0.15) is 33.5 Å². The molecule has 0 fully saturated rings. The molecule has 7 heterocycles. The molecule has 5 nitrogen and oxygen atoms in total. The minimum atomic E-state index is 0.0827. The Morgan fingerprint density at radius 1 is 0.317 bits per heavy atom. The molecule has 104 heavy (non-hydrogen) atoms. The molecule has 16 aromatic carbocycles. The van der Waals surface area contributed by atoms with E-state index in [1.807, 2.05) is 22.7 Å². The van der Waals surface area contributed by atoms with E-state index in [1.165, 1.54) is 95.2 Å². The third kappa shape index (κ3) is 8.54. The van der Waals surface area contributed by atoms with Crippen LogP contribution in [0.25, 0.3) is 188 Å². The van der Waals surface area contributed by atoms with Gasteiger partial charge in [-0.1, -0.05) is 237 Å². The number of furan rings is 3. The quantitative estimate of drug-likeness (QED) is 0.129. The highest BCUT2D eigenvalue weighted by atomic mass is 32.1. The van der Waals surface area contributed by atoms with E-state index in [4.69, 9.17) is 13.3 Å². The molecule has 23 aromatic rings. The maximum atomic E-state index is 7.26. The van der Waals surface area contributed by atoms with Crippen LogP contribution in [-0.4, -0.2) is 4.40 Å². The lowest BCUT2D eigenvalue weighted by atomic mass is 9.85. The molecule has 23 rings (SSSR count). The van der Waals surface area contributed by atoms with E-state index >= 15 is 0 Å². The molecule has 7 heteroatoms. The largest absolute Gasteiger partial charge is 0.455 e. The Balaban J connectivity index is 0.682. The highest BCUT2D eigenvalue weighted by Gasteiger charge is 2.29. The molecule has 486 valence electrons. The van der Waals surface area contributed by atoms with E-state index in [0.717, 1.165) is 140 Å². The van der Waals surface area contributed by atoms with Crippen LogP contribution >= 0.6 is 22.7 Å². The first-order chi connectivity index (χ1) is 51.6. The van der Waals surface area contributed by atoms with Crippen LogP contribution in [0.2, 0.25) is 0 Å². The second-order valence-electron chi connectivity index (χ2n) is 28.0. The Kier molecular flexibility index (Phi) is 12.5. The molecule has 1 unspecified atom stereocenters. The number of rotatable bonds is 11. The van der Waals surface area contributed by atoms with Crippen LogP contribution in [0, 0.1) is 0 Å². The van der Waals surface area contributed by atoms with E-state index in [0.29, 0.717) is 0 Å². The van der Waals surface area contributed by atoms with Gasteiger partial charge in [0.15, 0.2) is 0 Å². The van der Waals surface area contributed by atoms with Gasteiger partial charge in [0.2, 0.25) is 0 Å². The summed E-state index contributed by atoms with van der Waals surface area (Å²) in [5, 5.41) is 18.8. The molecule has 0 amide bonds. The minimum absolute atomic E-state index is 0.0827. The summed E-state index contributed by atoms with van der Waals surface area (Å²) in [6.07, 6.45) is 1.73. The molecule has 0 saturated heterocycles. The van der Waals surface area contributed by atoms with Crippen LogP contribution in [-0.2, 0) is 6.42 Å². The number of aromatic nitrogens is 1. The highest BCUT2D eigenvalue weighted by molar-refractivity contribution is 7.26. The average molecular weight is 1360 g/mol. The number of anilines is 3. The summed E-state index contributed by atoms with van der Waals surface area (Å²) in [6.45, 7) is 0. The lowest BCUT2D eigenvalue weighted by molar-refractivity contribution is 0.665. The second kappa shape index (κ2) is 22.4. The van der Waals surface area contributed by atoms with Crippen molar-refractivity contribution in [3.05, 3.63) is 338 Å². The molecular weight excluding hydrogens is 1310 g/mol. The van der Waals surface area contributed by atoms with Crippen molar-refractivity contribution in [3.8, 4) is 33.4 Å². The van der Waals surface area contributed by atoms with Crippen LogP contribution in [0.15, 0.2) is 335 Å². The maximum Gasteiger partial charge on any atom is 0.143 e. The molecule has 0 aliphatic heterocycles. The van der Waals surface area contributed by atoms with Crippen LogP contribution in [0.4, 0.5) is 17.1 Å². The SMILES string of the molecule is c1ccc(-c2ccc3c(c2)c2c(N(c4ccc5c(c4)oc4c(-c6ccccc6)cccc45)c4cccc5c4sc4ccccc45)ccc4c5c6ccc7c8ccc(CCC(c9ccc%10c(c9)oc9c(-c%11ccccc%11)cccc9%10)c9cccc%10c9sc9ccccc9%10)cc8oc7c6ccc5n3c42)cc1. The van der Waals surface area contributed by atoms with E-state index in [9.17, 15) is 0 Å². The van der Waals surface area contributed by atoms with Gasteiger partial charge >= 0.3 is 0 Å². The number of thiophene rings is 2. The number of benzene rings is 16. The number of para-hydroxylation sites is 2. The zero-order chi connectivity index (χ0) is 67.8.